The van der Waals surface area contributed by atoms with E-state index in [2.05, 4.69) is 28.5 Å². The Morgan fingerprint density at radius 1 is 1.08 bits per heavy atom. The summed E-state index contributed by atoms with van der Waals surface area (Å²) in [5, 5.41) is 14.1. The van der Waals surface area contributed by atoms with E-state index < -0.39 is 0 Å². The van der Waals surface area contributed by atoms with Crippen LogP contribution in [0.2, 0.25) is 0 Å². The van der Waals surface area contributed by atoms with E-state index in [1.165, 1.54) is 5.56 Å². The quantitative estimate of drug-likeness (QED) is 0.772. The Kier molecular flexibility index (Phi) is 4.32. The van der Waals surface area contributed by atoms with Gasteiger partial charge in [-0.1, -0.05) is 48.5 Å². The molecule has 1 saturated heterocycles. The highest BCUT2D eigenvalue weighted by atomic mass is 16.5. The molecule has 0 radical (unpaired) electrons. The zero-order chi connectivity index (χ0) is 17.1. The summed E-state index contributed by atoms with van der Waals surface area (Å²) in [6, 6.07) is 20.8. The molecule has 1 aliphatic heterocycles. The van der Waals surface area contributed by atoms with Gasteiger partial charge < -0.3 is 10.1 Å². The van der Waals surface area contributed by atoms with Gasteiger partial charge in [0.05, 0.1) is 22.9 Å². The van der Waals surface area contributed by atoms with E-state index >= 15 is 0 Å². The van der Waals surface area contributed by atoms with Gasteiger partial charge >= 0.3 is 0 Å². The molecule has 0 amide bonds. The zero-order valence-corrected chi connectivity index (χ0v) is 13.9. The van der Waals surface area contributed by atoms with Crippen molar-refractivity contribution >= 4 is 16.6 Å². The number of ether oxygens (including phenoxy) is 1. The molecule has 0 bridgehead atoms. The summed E-state index contributed by atoms with van der Waals surface area (Å²) in [6.45, 7) is 0.710. The second-order valence-electron chi connectivity index (χ2n) is 6.31. The van der Waals surface area contributed by atoms with Crippen LogP contribution in [0, 0.1) is 11.3 Å². The molecular formula is C21H19N3O. The lowest BCUT2D eigenvalue weighted by atomic mass is 9.96. The molecule has 25 heavy (non-hydrogen) atoms. The molecule has 2 heterocycles. The highest BCUT2D eigenvalue weighted by molar-refractivity contribution is 5.93. The summed E-state index contributed by atoms with van der Waals surface area (Å²) in [4.78, 5) is 4.38. The van der Waals surface area contributed by atoms with Crippen LogP contribution >= 0.6 is 0 Å². The molecule has 0 saturated carbocycles. The van der Waals surface area contributed by atoms with Gasteiger partial charge in [-0.05, 0) is 24.5 Å². The number of pyridine rings is 1. The number of fused-ring (bicyclic) bond motifs is 1. The average Bonchev–Trinajstić information content (AvgIpc) is 2.69. The molecular weight excluding hydrogens is 310 g/mol. The highest BCUT2D eigenvalue weighted by Gasteiger charge is 2.25. The van der Waals surface area contributed by atoms with Crippen LogP contribution in [0.1, 0.15) is 30.1 Å². The van der Waals surface area contributed by atoms with Crippen molar-refractivity contribution < 1.29 is 4.74 Å². The summed E-state index contributed by atoms with van der Waals surface area (Å²) in [5.74, 6) is 0. The van der Waals surface area contributed by atoms with Crippen molar-refractivity contribution in [3.63, 3.8) is 0 Å². The van der Waals surface area contributed by atoms with Crippen LogP contribution in [0.3, 0.4) is 0 Å². The van der Waals surface area contributed by atoms with Crippen LogP contribution in [0.25, 0.3) is 10.9 Å². The Bertz CT molecular complexity index is 917. The molecule has 124 valence electrons. The summed E-state index contributed by atoms with van der Waals surface area (Å²) >= 11 is 0. The number of nitrogens with zero attached hydrogens (tertiary/aromatic N) is 2. The van der Waals surface area contributed by atoms with Crippen molar-refractivity contribution in [2.75, 3.05) is 11.9 Å². The van der Waals surface area contributed by atoms with E-state index in [0.717, 1.165) is 29.4 Å². The number of benzene rings is 2. The van der Waals surface area contributed by atoms with Crippen molar-refractivity contribution in [1.82, 2.24) is 4.98 Å². The number of hydrogen-bond donors (Lipinski definition) is 1. The molecule has 1 aliphatic rings. The standard InChI is InChI=1S/C21H19N3O/c22-13-16-14-23-19-9-5-4-8-18(19)21(16)24-17-10-11-25-20(12-17)15-6-2-1-3-7-15/h1-9,14,17,20H,10-12H2,(H,23,24). The maximum atomic E-state index is 9.48. The SMILES string of the molecule is N#Cc1cnc2ccccc2c1NC1CCOC(c2ccccc2)C1. The van der Waals surface area contributed by atoms with Crippen LogP contribution in [0.15, 0.2) is 60.8 Å². The number of nitriles is 1. The first-order valence-electron chi connectivity index (χ1n) is 8.56. The van der Waals surface area contributed by atoms with Crippen LogP contribution in [0.5, 0.6) is 0 Å². The summed E-state index contributed by atoms with van der Waals surface area (Å²) < 4.78 is 5.96. The van der Waals surface area contributed by atoms with Gasteiger partial charge in [0.2, 0.25) is 0 Å². The fraction of sp³-hybridized carbons (Fsp3) is 0.238. The predicted molar refractivity (Wildman–Crippen MR) is 98.2 cm³/mol. The van der Waals surface area contributed by atoms with Gasteiger partial charge in [-0.3, -0.25) is 4.98 Å². The van der Waals surface area contributed by atoms with Crippen LogP contribution < -0.4 is 5.32 Å². The Morgan fingerprint density at radius 3 is 2.72 bits per heavy atom. The number of rotatable bonds is 3. The third-order valence-electron chi connectivity index (χ3n) is 4.70. The zero-order valence-electron chi connectivity index (χ0n) is 13.9. The molecule has 3 aromatic rings. The number of hydrogen-bond acceptors (Lipinski definition) is 4. The fourth-order valence-electron chi connectivity index (χ4n) is 3.41. The first-order chi connectivity index (χ1) is 12.3. The van der Waals surface area contributed by atoms with Crippen molar-refractivity contribution in [2.24, 2.45) is 0 Å². The van der Waals surface area contributed by atoms with Gasteiger partial charge in [-0.15, -0.1) is 0 Å². The van der Waals surface area contributed by atoms with Gasteiger partial charge in [0.25, 0.3) is 0 Å². The normalized spacial score (nSPS) is 20.1. The predicted octanol–water partition coefficient (Wildman–Crippen LogP) is 4.44. The van der Waals surface area contributed by atoms with E-state index in [0.29, 0.717) is 12.2 Å². The third kappa shape index (κ3) is 3.19. The number of nitrogens with one attached hydrogen (secondary N) is 1. The van der Waals surface area contributed by atoms with Crippen LogP contribution in [-0.2, 0) is 4.74 Å². The van der Waals surface area contributed by atoms with E-state index in [-0.39, 0.29) is 12.1 Å². The lowest BCUT2D eigenvalue weighted by Gasteiger charge is -2.31. The Hall–Kier alpha value is -2.90. The molecule has 2 atom stereocenters. The van der Waals surface area contributed by atoms with Crippen molar-refractivity contribution in [3.8, 4) is 6.07 Å². The van der Waals surface area contributed by atoms with E-state index in [1.807, 2.05) is 42.5 Å². The second kappa shape index (κ2) is 6.92. The third-order valence-corrected chi connectivity index (χ3v) is 4.70. The lowest BCUT2D eigenvalue weighted by molar-refractivity contribution is 0.00981. The Morgan fingerprint density at radius 2 is 1.88 bits per heavy atom. The fourth-order valence-corrected chi connectivity index (χ4v) is 3.41. The molecule has 4 rings (SSSR count). The summed E-state index contributed by atoms with van der Waals surface area (Å²) in [7, 11) is 0. The highest BCUT2D eigenvalue weighted by Crippen LogP contribution is 2.32. The summed E-state index contributed by atoms with van der Waals surface area (Å²) in [5.41, 5.74) is 3.57. The molecule has 4 nitrogen and oxygen atoms in total. The largest absolute Gasteiger partial charge is 0.380 e. The molecule has 2 unspecified atom stereocenters. The van der Waals surface area contributed by atoms with E-state index in [4.69, 9.17) is 4.74 Å². The maximum Gasteiger partial charge on any atom is 0.103 e. The Balaban J connectivity index is 1.62. The average molecular weight is 329 g/mol. The molecule has 0 spiro atoms. The summed E-state index contributed by atoms with van der Waals surface area (Å²) in [6.07, 6.45) is 3.54. The van der Waals surface area contributed by atoms with Gasteiger partial charge in [-0.2, -0.15) is 5.26 Å². The van der Waals surface area contributed by atoms with Gasteiger partial charge in [-0.25, -0.2) is 0 Å². The van der Waals surface area contributed by atoms with Gasteiger partial charge in [0.1, 0.15) is 6.07 Å². The van der Waals surface area contributed by atoms with Gasteiger partial charge in [0, 0.05) is 24.2 Å². The number of para-hydroxylation sites is 1. The molecule has 2 aromatic carbocycles. The molecule has 0 aliphatic carbocycles. The smallest absolute Gasteiger partial charge is 0.103 e. The number of aromatic nitrogens is 1. The van der Waals surface area contributed by atoms with Crippen LogP contribution in [-0.4, -0.2) is 17.6 Å². The minimum absolute atomic E-state index is 0.0890. The number of anilines is 1. The van der Waals surface area contributed by atoms with E-state index in [1.54, 1.807) is 6.20 Å². The van der Waals surface area contributed by atoms with E-state index in [9.17, 15) is 5.26 Å². The minimum Gasteiger partial charge on any atom is -0.380 e. The first kappa shape index (κ1) is 15.6. The van der Waals surface area contributed by atoms with Crippen molar-refractivity contribution in [2.45, 2.75) is 25.0 Å². The van der Waals surface area contributed by atoms with Crippen LogP contribution in [0.4, 0.5) is 5.69 Å². The molecule has 4 heteroatoms. The first-order valence-corrected chi connectivity index (χ1v) is 8.56. The maximum absolute atomic E-state index is 9.48. The topological polar surface area (TPSA) is 57.9 Å². The monoisotopic (exact) mass is 329 g/mol. The van der Waals surface area contributed by atoms with Gasteiger partial charge in [0.15, 0.2) is 0 Å². The van der Waals surface area contributed by atoms with Crippen molar-refractivity contribution in [1.29, 1.82) is 5.26 Å². The molecule has 1 fully saturated rings. The molecule has 1 N–H and O–H groups in total. The minimum atomic E-state index is 0.0890. The second-order valence-corrected chi connectivity index (χ2v) is 6.31. The Labute approximate surface area is 147 Å². The lowest BCUT2D eigenvalue weighted by Crippen LogP contribution is -2.30. The van der Waals surface area contributed by atoms with Crippen molar-refractivity contribution in [3.05, 3.63) is 71.9 Å². The molecule has 1 aromatic heterocycles.